The van der Waals surface area contributed by atoms with Gasteiger partial charge in [0.15, 0.2) is 0 Å². The van der Waals surface area contributed by atoms with E-state index in [0.29, 0.717) is 5.56 Å². The van der Waals surface area contributed by atoms with Crippen LogP contribution in [0.25, 0.3) is 10.9 Å². The number of nitrogens with one attached hydrogen (secondary N) is 2. The number of hydrogen-bond donors (Lipinski definition) is 3. The van der Waals surface area contributed by atoms with Crippen LogP contribution >= 0.6 is 0 Å². The molecular formula is C15H18N2O2. The lowest BCUT2D eigenvalue weighted by Gasteiger charge is -2.28. The number of amides is 1. The zero-order chi connectivity index (χ0) is 13.2. The summed E-state index contributed by atoms with van der Waals surface area (Å²) in [4.78, 5) is 15.4. The number of rotatable bonds is 2. The summed E-state index contributed by atoms with van der Waals surface area (Å²) in [6, 6.07) is 7.42. The lowest BCUT2D eigenvalue weighted by Crippen LogP contribution is -2.45. The molecule has 0 bridgehead atoms. The Kier molecular flexibility index (Phi) is 3.25. The second-order valence-electron chi connectivity index (χ2n) is 5.18. The van der Waals surface area contributed by atoms with Crippen molar-refractivity contribution in [3.05, 3.63) is 36.0 Å². The Balaban J connectivity index is 1.82. The van der Waals surface area contributed by atoms with Gasteiger partial charge in [-0.3, -0.25) is 4.79 Å². The molecule has 0 saturated heterocycles. The first kappa shape index (κ1) is 12.2. The average Bonchev–Trinajstić information content (AvgIpc) is 2.89. The van der Waals surface area contributed by atoms with E-state index in [1.165, 1.54) is 0 Å². The molecule has 1 aliphatic rings. The van der Waals surface area contributed by atoms with Crippen LogP contribution in [0.5, 0.6) is 0 Å². The standard InChI is InChI=1S/C15H18N2O2/c18-14-7-2-1-5-13(14)17-15(19)11-4-3-6-12-10(11)8-9-16-12/h3-4,6,8-9,13-14,16,18H,1-2,5,7H2,(H,17,19). The van der Waals surface area contributed by atoms with Crippen molar-refractivity contribution in [2.45, 2.75) is 37.8 Å². The molecule has 1 amide bonds. The normalized spacial score (nSPS) is 23.4. The molecule has 4 nitrogen and oxygen atoms in total. The molecule has 1 aromatic carbocycles. The molecule has 2 atom stereocenters. The van der Waals surface area contributed by atoms with E-state index in [-0.39, 0.29) is 11.9 Å². The topological polar surface area (TPSA) is 65.1 Å². The van der Waals surface area contributed by atoms with Gasteiger partial charge in [0.2, 0.25) is 0 Å². The second kappa shape index (κ2) is 5.05. The van der Waals surface area contributed by atoms with Crippen molar-refractivity contribution in [3.63, 3.8) is 0 Å². The fourth-order valence-corrected chi connectivity index (χ4v) is 2.81. The maximum absolute atomic E-state index is 12.3. The molecule has 1 heterocycles. The fourth-order valence-electron chi connectivity index (χ4n) is 2.81. The zero-order valence-electron chi connectivity index (χ0n) is 10.7. The predicted molar refractivity (Wildman–Crippen MR) is 74.0 cm³/mol. The quantitative estimate of drug-likeness (QED) is 0.773. The Bertz CT molecular complexity index is 591. The van der Waals surface area contributed by atoms with E-state index in [9.17, 15) is 9.90 Å². The first-order valence-corrected chi connectivity index (χ1v) is 6.81. The van der Waals surface area contributed by atoms with Crippen LogP contribution in [0, 0.1) is 0 Å². The molecule has 4 heteroatoms. The molecule has 100 valence electrons. The molecule has 1 fully saturated rings. The number of carbonyl (C=O) groups excluding carboxylic acids is 1. The van der Waals surface area contributed by atoms with E-state index in [1.807, 2.05) is 30.5 Å². The number of H-pyrrole nitrogens is 1. The van der Waals surface area contributed by atoms with Gasteiger partial charge in [0.25, 0.3) is 5.91 Å². The van der Waals surface area contributed by atoms with Gasteiger partial charge >= 0.3 is 0 Å². The molecule has 1 aliphatic carbocycles. The zero-order valence-corrected chi connectivity index (χ0v) is 10.7. The van der Waals surface area contributed by atoms with Crippen LogP contribution in [-0.2, 0) is 0 Å². The van der Waals surface area contributed by atoms with Crippen LogP contribution in [0.1, 0.15) is 36.0 Å². The maximum Gasteiger partial charge on any atom is 0.252 e. The van der Waals surface area contributed by atoms with E-state index in [2.05, 4.69) is 10.3 Å². The van der Waals surface area contributed by atoms with Crippen molar-refractivity contribution in [2.75, 3.05) is 0 Å². The second-order valence-corrected chi connectivity index (χ2v) is 5.18. The number of hydrogen-bond acceptors (Lipinski definition) is 2. The van der Waals surface area contributed by atoms with Crippen LogP contribution in [0.15, 0.2) is 30.5 Å². The number of aromatic amines is 1. The summed E-state index contributed by atoms with van der Waals surface area (Å²) in [6.07, 6.45) is 5.16. The number of fused-ring (bicyclic) bond motifs is 1. The molecule has 1 aromatic heterocycles. The molecule has 0 radical (unpaired) electrons. The Morgan fingerprint density at radius 3 is 2.95 bits per heavy atom. The first-order chi connectivity index (χ1) is 9.25. The van der Waals surface area contributed by atoms with Gasteiger partial charge in [-0.1, -0.05) is 18.9 Å². The smallest absolute Gasteiger partial charge is 0.252 e. The van der Waals surface area contributed by atoms with Gasteiger partial charge in [-0.2, -0.15) is 0 Å². The van der Waals surface area contributed by atoms with Gasteiger partial charge in [-0.05, 0) is 31.0 Å². The summed E-state index contributed by atoms with van der Waals surface area (Å²) >= 11 is 0. The summed E-state index contributed by atoms with van der Waals surface area (Å²) in [6.45, 7) is 0. The molecular weight excluding hydrogens is 240 g/mol. The molecule has 0 aliphatic heterocycles. The Labute approximate surface area is 111 Å². The third-order valence-corrected chi connectivity index (χ3v) is 3.89. The van der Waals surface area contributed by atoms with Crippen molar-refractivity contribution in [2.24, 2.45) is 0 Å². The summed E-state index contributed by atoms with van der Waals surface area (Å²) in [5.41, 5.74) is 1.62. The highest BCUT2D eigenvalue weighted by atomic mass is 16.3. The molecule has 2 aromatic rings. The Morgan fingerprint density at radius 1 is 1.26 bits per heavy atom. The predicted octanol–water partition coefficient (Wildman–Crippen LogP) is 2.20. The minimum absolute atomic E-state index is 0.101. The summed E-state index contributed by atoms with van der Waals surface area (Å²) < 4.78 is 0. The largest absolute Gasteiger partial charge is 0.391 e. The minimum atomic E-state index is -0.414. The molecule has 2 unspecified atom stereocenters. The highest BCUT2D eigenvalue weighted by molar-refractivity contribution is 6.06. The molecule has 3 N–H and O–H groups in total. The number of benzene rings is 1. The van der Waals surface area contributed by atoms with Crippen LogP contribution in [0.2, 0.25) is 0 Å². The van der Waals surface area contributed by atoms with Gasteiger partial charge in [-0.25, -0.2) is 0 Å². The Morgan fingerprint density at radius 2 is 2.11 bits per heavy atom. The van der Waals surface area contributed by atoms with Crippen molar-refractivity contribution >= 4 is 16.8 Å². The first-order valence-electron chi connectivity index (χ1n) is 6.81. The molecule has 3 rings (SSSR count). The summed E-state index contributed by atoms with van der Waals surface area (Å²) in [7, 11) is 0. The van der Waals surface area contributed by atoms with E-state index in [1.54, 1.807) is 0 Å². The monoisotopic (exact) mass is 258 g/mol. The van der Waals surface area contributed by atoms with E-state index < -0.39 is 6.10 Å². The van der Waals surface area contributed by atoms with E-state index >= 15 is 0 Å². The number of carbonyl (C=O) groups is 1. The summed E-state index contributed by atoms with van der Waals surface area (Å²) in [5.74, 6) is -0.101. The van der Waals surface area contributed by atoms with Crippen molar-refractivity contribution in [1.29, 1.82) is 0 Å². The number of aliphatic hydroxyl groups excluding tert-OH is 1. The van der Waals surface area contributed by atoms with Crippen LogP contribution < -0.4 is 5.32 Å². The minimum Gasteiger partial charge on any atom is -0.391 e. The number of aromatic nitrogens is 1. The fraction of sp³-hybridized carbons (Fsp3) is 0.400. The SMILES string of the molecule is O=C(NC1CCCCC1O)c1cccc2[nH]ccc12. The summed E-state index contributed by atoms with van der Waals surface area (Å²) in [5, 5.41) is 13.8. The third kappa shape index (κ3) is 2.36. The maximum atomic E-state index is 12.3. The average molecular weight is 258 g/mol. The third-order valence-electron chi connectivity index (χ3n) is 3.89. The van der Waals surface area contributed by atoms with Gasteiger partial charge in [-0.15, -0.1) is 0 Å². The van der Waals surface area contributed by atoms with Gasteiger partial charge in [0.05, 0.1) is 12.1 Å². The van der Waals surface area contributed by atoms with Crippen molar-refractivity contribution in [3.8, 4) is 0 Å². The van der Waals surface area contributed by atoms with Crippen LogP contribution in [0.4, 0.5) is 0 Å². The highest BCUT2D eigenvalue weighted by Crippen LogP contribution is 2.21. The lowest BCUT2D eigenvalue weighted by molar-refractivity contribution is 0.0718. The van der Waals surface area contributed by atoms with E-state index in [4.69, 9.17) is 0 Å². The van der Waals surface area contributed by atoms with Crippen LogP contribution in [-0.4, -0.2) is 28.1 Å². The molecule has 19 heavy (non-hydrogen) atoms. The van der Waals surface area contributed by atoms with Crippen molar-refractivity contribution in [1.82, 2.24) is 10.3 Å². The van der Waals surface area contributed by atoms with Gasteiger partial charge in [0.1, 0.15) is 0 Å². The van der Waals surface area contributed by atoms with Gasteiger partial charge < -0.3 is 15.4 Å². The Hall–Kier alpha value is -1.81. The number of aliphatic hydroxyl groups is 1. The lowest BCUT2D eigenvalue weighted by atomic mass is 9.92. The molecule has 1 saturated carbocycles. The van der Waals surface area contributed by atoms with Gasteiger partial charge in [0, 0.05) is 22.7 Å². The van der Waals surface area contributed by atoms with Crippen LogP contribution in [0.3, 0.4) is 0 Å². The highest BCUT2D eigenvalue weighted by Gasteiger charge is 2.25. The van der Waals surface area contributed by atoms with Crippen molar-refractivity contribution < 1.29 is 9.90 Å². The van der Waals surface area contributed by atoms with E-state index in [0.717, 1.165) is 36.6 Å². The molecule has 0 spiro atoms.